The first-order chi connectivity index (χ1) is 11.6. The number of anilines is 1. The number of aryl methyl sites for hydroxylation is 2. The van der Waals surface area contributed by atoms with Crippen LogP contribution in [-0.4, -0.2) is 69.8 Å². The quantitative estimate of drug-likeness (QED) is 0.800. The third-order valence-corrected chi connectivity index (χ3v) is 4.98. The first-order valence-electron chi connectivity index (χ1n) is 8.54. The van der Waals surface area contributed by atoms with E-state index in [2.05, 4.69) is 25.3 Å². The number of nitrogens with zero attached hydrogens (tertiary/aromatic N) is 6. The first kappa shape index (κ1) is 20.7. The van der Waals surface area contributed by atoms with Crippen molar-refractivity contribution in [1.82, 2.24) is 30.0 Å². The van der Waals surface area contributed by atoms with E-state index >= 15 is 0 Å². The molecule has 0 spiro atoms. The molecule has 2 saturated heterocycles. The number of aromatic nitrogens is 4. The van der Waals surface area contributed by atoms with Crippen LogP contribution in [0, 0.1) is 12.8 Å². The summed E-state index contributed by atoms with van der Waals surface area (Å²) in [5.41, 5.74) is 0.855. The summed E-state index contributed by atoms with van der Waals surface area (Å²) in [7, 11) is 1.89. The number of hydrogen-bond acceptors (Lipinski definition) is 6. The molecule has 0 aliphatic carbocycles. The van der Waals surface area contributed by atoms with Gasteiger partial charge in [-0.1, -0.05) is 0 Å². The van der Waals surface area contributed by atoms with Gasteiger partial charge in [-0.25, -0.2) is 9.97 Å². The number of fused-ring (bicyclic) bond motifs is 1. The van der Waals surface area contributed by atoms with Gasteiger partial charge in [0.15, 0.2) is 5.65 Å². The molecule has 2 aromatic heterocycles. The molecular formula is C16H25Cl2N7O. The van der Waals surface area contributed by atoms with E-state index in [-0.39, 0.29) is 30.7 Å². The van der Waals surface area contributed by atoms with Crippen LogP contribution >= 0.6 is 24.8 Å². The maximum atomic E-state index is 12.5. The summed E-state index contributed by atoms with van der Waals surface area (Å²) in [6.07, 6.45) is 2.78. The van der Waals surface area contributed by atoms with Crippen LogP contribution in [0.15, 0.2) is 6.20 Å². The zero-order valence-electron chi connectivity index (χ0n) is 15.0. The van der Waals surface area contributed by atoms with Crippen LogP contribution in [-0.2, 0) is 11.8 Å². The topological polar surface area (TPSA) is 79.2 Å². The summed E-state index contributed by atoms with van der Waals surface area (Å²) >= 11 is 0. The molecule has 8 nitrogen and oxygen atoms in total. The van der Waals surface area contributed by atoms with E-state index in [9.17, 15) is 4.79 Å². The van der Waals surface area contributed by atoms with E-state index in [1.165, 1.54) is 0 Å². The van der Waals surface area contributed by atoms with Crippen molar-refractivity contribution < 1.29 is 4.79 Å². The molecule has 1 atom stereocenters. The predicted octanol–water partition coefficient (Wildman–Crippen LogP) is 0.773. The van der Waals surface area contributed by atoms with Gasteiger partial charge in [0.05, 0.1) is 17.5 Å². The number of carbonyl (C=O) groups excluding carboxylic acids is 1. The molecule has 2 fully saturated rings. The molecule has 4 heterocycles. The molecule has 1 amide bonds. The maximum absolute atomic E-state index is 12.5. The van der Waals surface area contributed by atoms with Crippen molar-refractivity contribution in [2.45, 2.75) is 13.3 Å². The van der Waals surface area contributed by atoms with Gasteiger partial charge in [-0.05, 0) is 19.9 Å². The van der Waals surface area contributed by atoms with Gasteiger partial charge in [0, 0.05) is 39.8 Å². The largest absolute Gasteiger partial charge is 0.352 e. The fraction of sp³-hybridized carbons (Fsp3) is 0.625. The Kier molecular flexibility index (Phi) is 6.65. The fourth-order valence-electron chi connectivity index (χ4n) is 3.62. The highest BCUT2D eigenvalue weighted by molar-refractivity contribution is 5.87. The van der Waals surface area contributed by atoms with Crippen molar-refractivity contribution in [3.8, 4) is 0 Å². The van der Waals surface area contributed by atoms with Gasteiger partial charge in [-0.2, -0.15) is 5.10 Å². The second-order valence-electron chi connectivity index (χ2n) is 6.60. The van der Waals surface area contributed by atoms with Crippen molar-refractivity contribution in [2.24, 2.45) is 13.0 Å². The molecule has 0 radical (unpaired) electrons. The summed E-state index contributed by atoms with van der Waals surface area (Å²) in [6.45, 7) is 6.78. The van der Waals surface area contributed by atoms with Gasteiger partial charge in [-0.15, -0.1) is 24.8 Å². The zero-order valence-corrected chi connectivity index (χ0v) is 16.6. The van der Waals surface area contributed by atoms with Crippen LogP contribution in [0.1, 0.15) is 12.2 Å². The second-order valence-corrected chi connectivity index (χ2v) is 6.60. The third-order valence-electron chi connectivity index (χ3n) is 4.98. The molecular weight excluding hydrogens is 377 g/mol. The average Bonchev–Trinajstić information content (AvgIpc) is 3.25. The Bertz CT molecular complexity index is 767. The number of hydrogen-bond donors (Lipinski definition) is 1. The highest BCUT2D eigenvalue weighted by Crippen LogP contribution is 2.25. The van der Waals surface area contributed by atoms with E-state index in [4.69, 9.17) is 0 Å². The van der Waals surface area contributed by atoms with Gasteiger partial charge in [0.25, 0.3) is 0 Å². The smallest absolute Gasteiger partial charge is 0.227 e. The van der Waals surface area contributed by atoms with Crippen molar-refractivity contribution in [3.05, 3.63) is 12.0 Å². The maximum Gasteiger partial charge on any atom is 0.227 e. The molecule has 0 bridgehead atoms. The number of rotatable bonds is 2. The van der Waals surface area contributed by atoms with Crippen LogP contribution in [0.4, 0.5) is 5.82 Å². The monoisotopic (exact) mass is 401 g/mol. The molecule has 26 heavy (non-hydrogen) atoms. The molecule has 4 rings (SSSR count). The number of piperazine rings is 1. The number of carbonyl (C=O) groups is 1. The van der Waals surface area contributed by atoms with Crippen LogP contribution in [0.25, 0.3) is 11.0 Å². The Morgan fingerprint density at radius 1 is 1.19 bits per heavy atom. The van der Waals surface area contributed by atoms with Crippen LogP contribution in [0.5, 0.6) is 0 Å². The highest BCUT2D eigenvalue weighted by atomic mass is 35.5. The van der Waals surface area contributed by atoms with Crippen LogP contribution in [0.3, 0.4) is 0 Å². The van der Waals surface area contributed by atoms with Crippen molar-refractivity contribution in [2.75, 3.05) is 44.2 Å². The lowest BCUT2D eigenvalue weighted by Crippen LogP contribution is -2.51. The molecule has 0 aromatic carbocycles. The van der Waals surface area contributed by atoms with Gasteiger partial charge in [0.2, 0.25) is 5.91 Å². The van der Waals surface area contributed by atoms with Crippen molar-refractivity contribution >= 4 is 47.6 Å². The lowest BCUT2D eigenvalue weighted by molar-refractivity contribution is -0.135. The minimum atomic E-state index is 0. The molecule has 2 aliphatic heterocycles. The Morgan fingerprint density at radius 3 is 2.58 bits per heavy atom. The molecule has 10 heteroatoms. The summed E-state index contributed by atoms with van der Waals surface area (Å²) in [5, 5.41) is 8.55. The summed E-state index contributed by atoms with van der Waals surface area (Å²) in [5.74, 6) is 2.13. The van der Waals surface area contributed by atoms with Crippen molar-refractivity contribution in [3.63, 3.8) is 0 Å². The van der Waals surface area contributed by atoms with Gasteiger partial charge >= 0.3 is 0 Å². The van der Waals surface area contributed by atoms with E-state index in [1.54, 1.807) is 4.68 Å². The van der Waals surface area contributed by atoms with Crippen LogP contribution in [0.2, 0.25) is 0 Å². The molecule has 2 aromatic rings. The minimum absolute atomic E-state index is 0. The lowest BCUT2D eigenvalue weighted by atomic mass is 10.1. The normalized spacial score (nSPS) is 20.0. The number of amides is 1. The highest BCUT2D eigenvalue weighted by Gasteiger charge is 2.30. The zero-order chi connectivity index (χ0) is 16.7. The molecule has 0 saturated carbocycles. The van der Waals surface area contributed by atoms with E-state index in [0.717, 1.165) is 68.4 Å². The average molecular weight is 402 g/mol. The van der Waals surface area contributed by atoms with Gasteiger partial charge < -0.3 is 15.1 Å². The van der Waals surface area contributed by atoms with Crippen molar-refractivity contribution in [1.29, 1.82) is 0 Å². The summed E-state index contributed by atoms with van der Waals surface area (Å²) in [4.78, 5) is 25.9. The molecule has 1 N–H and O–H groups in total. The van der Waals surface area contributed by atoms with Gasteiger partial charge in [0.1, 0.15) is 11.6 Å². The fourth-order valence-corrected chi connectivity index (χ4v) is 3.62. The van der Waals surface area contributed by atoms with E-state index in [0.29, 0.717) is 5.91 Å². The van der Waals surface area contributed by atoms with E-state index < -0.39 is 0 Å². The molecule has 1 unspecified atom stereocenters. The van der Waals surface area contributed by atoms with Crippen LogP contribution < -0.4 is 10.2 Å². The van der Waals surface area contributed by atoms with Gasteiger partial charge in [-0.3, -0.25) is 9.48 Å². The minimum Gasteiger partial charge on any atom is -0.352 e. The van der Waals surface area contributed by atoms with E-state index in [1.807, 2.05) is 25.1 Å². The Morgan fingerprint density at radius 2 is 1.92 bits per heavy atom. The standard InChI is InChI=1S/C16H23N7O.2ClH/c1-11-19-14-13(10-18-21(14)2)15(20-11)22-5-7-23(8-6-22)16(24)12-3-4-17-9-12;;/h10,12,17H,3-9H2,1-2H3;2*1H. The second kappa shape index (κ2) is 8.37. The number of halogens is 2. The third kappa shape index (κ3) is 3.72. The Balaban J connectivity index is 0.00000121. The Hall–Kier alpha value is -1.64. The first-order valence-corrected chi connectivity index (χ1v) is 8.54. The Labute approximate surface area is 165 Å². The summed E-state index contributed by atoms with van der Waals surface area (Å²) in [6, 6.07) is 0. The predicted molar refractivity (Wildman–Crippen MR) is 105 cm³/mol. The summed E-state index contributed by atoms with van der Waals surface area (Å²) < 4.78 is 1.78. The molecule has 2 aliphatic rings. The number of nitrogens with one attached hydrogen (secondary N) is 1. The molecule has 144 valence electrons. The SMILES string of the molecule is Cc1nc(N2CCN(C(=O)C3CCNC3)CC2)c2cnn(C)c2n1.Cl.Cl. The lowest BCUT2D eigenvalue weighted by Gasteiger charge is -2.36.